The highest BCUT2D eigenvalue weighted by Gasteiger charge is 2.62. The molecule has 7 rings (SSSR count). The Morgan fingerprint density at radius 3 is 1.74 bits per heavy atom. The second-order valence-electron chi connectivity index (χ2n) is 12.7. The molecule has 0 spiro atoms. The van der Waals surface area contributed by atoms with Crippen molar-refractivity contribution < 1.29 is 38.6 Å². The molecule has 3 fully saturated rings. The number of phenols is 1. The fraction of sp³-hybridized carbons (Fsp3) is 0.297. The molecule has 0 radical (unpaired) electrons. The van der Waals surface area contributed by atoms with Gasteiger partial charge in [-0.05, 0) is 98.8 Å². The molecule has 10 heteroatoms. The predicted molar refractivity (Wildman–Crippen MR) is 170 cm³/mol. The number of amides is 4. The quantitative estimate of drug-likeness (QED) is 0.231. The number of carbonyl (C=O) groups excluding carboxylic acids is 6. The molecule has 238 valence electrons. The third kappa shape index (κ3) is 4.61. The minimum Gasteiger partial charge on any atom is -0.504 e. The zero-order chi connectivity index (χ0) is 33.3. The molecule has 10 nitrogen and oxygen atoms in total. The number of anilines is 2. The number of benzene rings is 3. The number of rotatable bonds is 6. The van der Waals surface area contributed by atoms with Gasteiger partial charge >= 0.3 is 0 Å². The van der Waals surface area contributed by atoms with Crippen molar-refractivity contribution in [1.29, 1.82) is 0 Å². The predicted octanol–water partition coefficient (Wildman–Crippen LogP) is 4.85. The Labute approximate surface area is 270 Å². The van der Waals surface area contributed by atoms with Crippen LogP contribution in [0.3, 0.4) is 0 Å². The van der Waals surface area contributed by atoms with Gasteiger partial charge in [-0.1, -0.05) is 17.7 Å². The molecule has 6 unspecified atom stereocenters. The van der Waals surface area contributed by atoms with Gasteiger partial charge in [-0.2, -0.15) is 0 Å². The van der Waals surface area contributed by atoms with Crippen LogP contribution in [0.2, 0.25) is 0 Å². The maximum atomic E-state index is 14.3. The fourth-order valence-electron chi connectivity index (χ4n) is 8.06. The van der Waals surface area contributed by atoms with Crippen LogP contribution in [0, 0.1) is 29.6 Å². The lowest BCUT2D eigenvalue weighted by molar-refractivity contribution is -0.126. The lowest BCUT2D eigenvalue weighted by Crippen LogP contribution is -2.43. The summed E-state index contributed by atoms with van der Waals surface area (Å²) in [6, 6.07) is 17.5. The van der Waals surface area contributed by atoms with Crippen molar-refractivity contribution in [2.75, 3.05) is 16.9 Å². The number of hydrogen-bond donors (Lipinski definition) is 1. The van der Waals surface area contributed by atoms with Gasteiger partial charge in [0, 0.05) is 17.0 Å². The number of carbonyl (C=O) groups is 6. The van der Waals surface area contributed by atoms with Gasteiger partial charge in [0.25, 0.3) is 0 Å². The van der Waals surface area contributed by atoms with Crippen molar-refractivity contribution in [1.82, 2.24) is 0 Å². The van der Waals surface area contributed by atoms with Crippen molar-refractivity contribution in [3.8, 4) is 11.5 Å². The molecule has 0 aromatic heterocycles. The van der Waals surface area contributed by atoms with E-state index in [1.807, 2.05) is 6.08 Å². The first-order chi connectivity index (χ1) is 22.5. The van der Waals surface area contributed by atoms with Crippen molar-refractivity contribution in [2.45, 2.75) is 32.6 Å². The molecule has 0 bridgehead atoms. The Balaban J connectivity index is 1.31. The topological polar surface area (TPSA) is 138 Å². The maximum Gasteiger partial charge on any atom is 0.238 e. The third-order valence-corrected chi connectivity index (χ3v) is 10.3. The summed E-state index contributed by atoms with van der Waals surface area (Å²) in [6.07, 6.45) is 2.40. The molecule has 2 heterocycles. The molecular formula is C37H32N2O8. The first-order valence-corrected chi connectivity index (χ1v) is 15.6. The van der Waals surface area contributed by atoms with E-state index in [0.717, 1.165) is 10.5 Å². The number of ketones is 2. The number of nitrogens with zero attached hydrogens (tertiary/aromatic N) is 2. The average Bonchev–Trinajstić information content (AvgIpc) is 3.47. The average molecular weight is 633 g/mol. The van der Waals surface area contributed by atoms with E-state index in [1.54, 1.807) is 60.7 Å². The molecule has 1 N–H and O–H groups in total. The minimum atomic E-state index is -0.815. The Hall–Kier alpha value is -5.38. The standard InChI is InChI=1S/C37H32N2O8/c1-18(40)20-4-9-23(10-5-20)38-34(43)26-14-13-25-27(32(26)36(38)45)17-28-33(31(25)22-8-15-30(47-3)29(42)16-22)37(46)39(35(28)44)24-11-6-21(7-12-24)19(2)41/h4-13,15-16,26-28,31-33,42H,14,17H2,1-3H3. The van der Waals surface area contributed by atoms with E-state index in [9.17, 15) is 33.9 Å². The summed E-state index contributed by atoms with van der Waals surface area (Å²) >= 11 is 0. The fourth-order valence-corrected chi connectivity index (χ4v) is 8.06. The Morgan fingerprint density at radius 2 is 1.23 bits per heavy atom. The zero-order valence-corrected chi connectivity index (χ0v) is 26.0. The number of phenolic OH excluding ortho intramolecular Hbond substituents is 1. The van der Waals surface area contributed by atoms with E-state index < -0.39 is 47.3 Å². The third-order valence-electron chi connectivity index (χ3n) is 10.3. The molecule has 3 aromatic rings. The summed E-state index contributed by atoms with van der Waals surface area (Å²) in [5, 5.41) is 10.8. The molecule has 4 aliphatic rings. The van der Waals surface area contributed by atoms with Crippen LogP contribution in [0.25, 0.3) is 0 Å². The normalized spacial score (nSPS) is 26.5. The Kier molecular flexibility index (Phi) is 7.18. The molecule has 2 saturated heterocycles. The number of hydrogen-bond acceptors (Lipinski definition) is 8. The summed E-state index contributed by atoms with van der Waals surface area (Å²) in [5.74, 6) is -5.86. The smallest absolute Gasteiger partial charge is 0.238 e. The van der Waals surface area contributed by atoms with Gasteiger partial charge in [-0.15, -0.1) is 0 Å². The monoisotopic (exact) mass is 632 g/mol. The molecular weight excluding hydrogens is 600 g/mol. The van der Waals surface area contributed by atoms with Crippen LogP contribution in [-0.2, 0) is 19.2 Å². The second-order valence-corrected chi connectivity index (χ2v) is 12.7. The van der Waals surface area contributed by atoms with Crippen molar-refractivity contribution >= 4 is 46.6 Å². The second kappa shape index (κ2) is 11.2. The zero-order valence-electron chi connectivity index (χ0n) is 26.0. The first kappa shape index (κ1) is 30.3. The number of aromatic hydroxyl groups is 1. The number of ether oxygens (including phenoxy) is 1. The number of allylic oxidation sites excluding steroid dienone is 2. The van der Waals surface area contributed by atoms with Crippen LogP contribution >= 0.6 is 0 Å². The minimum absolute atomic E-state index is 0.126. The van der Waals surface area contributed by atoms with Crippen LogP contribution in [0.4, 0.5) is 11.4 Å². The largest absolute Gasteiger partial charge is 0.504 e. The lowest BCUT2D eigenvalue weighted by atomic mass is 9.57. The highest BCUT2D eigenvalue weighted by atomic mass is 16.5. The molecule has 1 saturated carbocycles. The van der Waals surface area contributed by atoms with E-state index in [4.69, 9.17) is 4.74 Å². The van der Waals surface area contributed by atoms with Gasteiger partial charge in [-0.25, -0.2) is 0 Å². The number of Topliss-reactive ketones (excluding diaryl/α,β-unsaturated/α-hetero) is 2. The number of fused-ring (bicyclic) bond motifs is 4. The van der Waals surface area contributed by atoms with Crippen LogP contribution in [0.1, 0.15) is 58.9 Å². The Morgan fingerprint density at radius 1 is 0.702 bits per heavy atom. The van der Waals surface area contributed by atoms with E-state index in [1.165, 1.54) is 31.9 Å². The highest BCUT2D eigenvalue weighted by Crippen LogP contribution is 2.58. The molecule has 4 amide bonds. The van der Waals surface area contributed by atoms with Gasteiger partial charge in [0.15, 0.2) is 23.1 Å². The molecule has 2 aliphatic carbocycles. The molecule has 3 aromatic carbocycles. The van der Waals surface area contributed by atoms with E-state index >= 15 is 0 Å². The summed E-state index contributed by atoms with van der Waals surface area (Å²) in [4.78, 5) is 82.4. The first-order valence-electron chi connectivity index (χ1n) is 15.6. The molecule has 6 atom stereocenters. The van der Waals surface area contributed by atoms with E-state index in [-0.39, 0.29) is 47.7 Å². The van der Waals surface area contributed by atoms with Crippen molar-refractivity contribution in [3.63, 3.8) is 0 Å². The van der Waals surface area contributed by atoms with Crippen LogP contribution in [0.5, 0.6) is 11.5 Å². The van der Waals surface area contributed by atoms with Crippen LogP contribution in [-0.4, -0.2) is 47.4 Å². The van der Waals surface area contributed by atoms with E-state index in [2.05, 4.69) is 0 Å². The van der Waals surface area contributed by atoms with E-state index in [0.29, 0.717) is 28.1 Å². The number of methoxy groups -OCH3 is 1. The van der Waals surface area contributed by atoms with Gasteiger partial charge in [0.05, 0.1) is 42.2 Å². The van der Waals surface area contributed by atoms with Gasteiger partial charge in [0.2, 0.25) is 23.6 Å². The summed E-state index contributed by atoms with van der Waals surface area (Å²) in [5.41, 5.74) is 3.02. The SMILES string of the molecule is COc1ccc(C2C3=CCC4C(=O)N(c5ccc(C(C)=O)cc5)C(=O)C4C3CC3C(=O)N(c4ccc(C(C)=O)cc4)C(=O)C32)cc1O. The van der Waals surface area contributed by atoms with Gasteiger partial charge in [0.1, 0.15) is 0 Å². The summed E-state index contributed by atoms with van der Waals surface area (Å²) in [7, 11) is 1.43. The summed E-state index contributed by atoms with van der Waals surface area (Å²) < 4.78 is 5.25. The van der Waals surface area contributed by atoms with Crippen LogP contribution in [0.15, 0.2) is 78.4 Å². The van der Waals surface area contributed by atoms with Gasteiger partial charge in [-0.3, -0.25) is 38.6 Å². The van der Waals surface area contributed by atoms with Crippen molar-refractivity contribution in [3.05, 3.63) is 95.1 Å². The lowest BCUT2D eigenvalue weighted by Gasteiger charge is -2.44. The molecule has 2 aliphatic heterocycles. The maximum absolute atomic E-state index is 14.3. The Bertz CT molecular complexity index is 1910. The van der Waals surface area contributed by atoms with Gasteiger partial charge < -0.3 is 9.84 Å². The highest BCUT2D eigenvalue weighted by molar-refractivity contribution is 6.24. The molecule has 47 heavy (non-hydrogen) atoms. The summed E-state index contributed by atoms with van der Waals surface area (Å²) in [6.45, 7) is 2.88. The van der Waals surface area contributed by atoms with Crippen molar-refractivity contribution in [2.24, 2.45) is 29.6 Å². The number of imide groups is 2. The van der Waals surface area contributed by atoms with Crippen LogP contribution < -0.4 is 14.5 Å².